The van der Waals surface area contributed by atoms with Crippen molar-refractivity contribution in [2.24, 2.45) is 16.5 Å². The average molecular weight is 826 g/mol. The van der Waals surface area contributed by atoms with Crippen molar-refractivity contribution in [1.29, 1.82) is 0 Å². The van der Waals surface area contributed by atoms with Crippen molar-refractivity contribution < 1.29 is 79.1 Å². The zero-order valence-electron chi connectivity index (χ0n) is 29.8. The van der Waals surface area contributed by atoms with Gasteiger partial charge >= 0.3 is 0 Å². The molecule has 19 nitrogen and oxygen atoms in total. The van der Waals surface area contributed by atoms with Gasteiger partial charge in [0.15, 0.2) is 12.6 Å². The number of ether oxygens (including phenoxy) is 7. The molecule has 0 amide bonds. The molecule has 3 aliphatic heterocycles. The Hall–Kier alpha value is -0.160. The van der Waals surface area contributed by atoms with Crippen LogP contribution in [0.3, 0.4) is 0 Å². The number of nitrogens with zero attached hydrogens (tertiary/aromatic N) is 1. The lowest BCUT2D eigenvalue weighted by molar-refractivity contribution is -0.335. The number of aliphatic hydroxyl groups is 9. The summed E-state index contributed by atoms with van der Waals surface area (Å²) in [5.74, 6) is 3.42. The lowest BCUT2D eigenvalue weighted by Gasteiger charge is -2.44. The van der Waals surface area contributed by atoms with Gasteiger partial charge in [-0.1, -0.05) is 0 Å². The predicted molar refractivity (Wildman–Crippen MR) is 197 cm³/mol. The molecular formula is C31H59N3O16S3. The van der Waals surface area contributed by atoms with Gasteiger partial charge in [0.05, 0.1) is 25.6 Å². The van der Waals surface area contributed by atoms with Gasteiger partial charge in [0.2, 0.25) is 0 Å². The zero-order chi connectivity index (χ0) is 38.9. The Bertz CT molecular complexity index is 1030. The van der Waals surface area contributed by atoms with Crippen molar-refractivity contribution in [1.82, 2.24) is 0 Å². The number of methoxy groups -OCH3 is 1. The lowest BCUT2D eigenvalue weighted by atomic mass is 9.98. The van der Waals surface area contributed by atoms with Crippen LogP contribution in [0.15, 0.2) is 4.99 Å². The number of thioether (sulfide) groups is 3. The predicted octanol–water partition coefficient (Wildman–Crippen LogP) is -4.60. The number of aliphatic imine (C=N–C) groups is 1. The fourth-order valence-corrected chi connectivity index (χ4v) is 8.13. The van der Waals surface area contributed by atoms with E-state index in [0.29, 0.717) is 49.9 Å². The van der Waals surface area contributed by atoms with E-state index in [0.717, 1.165) is 23.3 Å². The molecule has 13 N–H and O–H groups in total. The van der Waals surface area contributed by atoms with E-state index >= 15 is 0 Å². The topological polar surface area (TPSA) is 311 Å². The third kappa shape index (κ3) is 14.3. The highest BCUT2D eigenvalue weighted by molar-refractivity contribution is 8.00. The number of amidine groups is 1. The summed E-state index contributed by atoms with van der Waals surface area (Å²) in [5.41, 5.74) is 10.6. The van der Waals surface area contributed by atoms with Gasteiger partial charge in [0.1, 0.15) is 84.5 Å². The molecule has 0 radical (unpaired) electrons. The van der Waals surface area contributed by atoms with Crippen LogP contribution in [0.4, 0.5) is 0 Å². The van der Waals surface area contributed by atoms with Gasteiger partial charge in [-0.3, -0.25) is 4.99 Å². The van der Waals surface area contributed by atoms with E-state index in [-0.39, 0.29) is 19.0 Å². The molecule has 0 bridgehead atoms. The average Bonchev–Trinajstić information content (AvgIpc) is 3.15. The van der Waals surface area contributed by atoms with E-state index in [1.807, 2.05) is 0 Å². The number of nitrogens with two attached hydrogens (primary N) is 2. The van der Waals surface area contributed by atoms with Gasteiger partial charge in [0, 0.05) is 44.9 Å². The van der Waals surface area contributed by atoms with Gasteiger partial charge < -0.3 is 90.6 Å². The number of rotatable bonds is 24. The Morgan fingerprint density at radius 2 is 1.21 bits per heavy atom. The fraction of sp³-hybridized carbons (Fsp3) is 0.968. The molecule has 6 unspecified atom stereocenters. The second-order valence-electron chi connectivity index (χ2n) is 12.6. The maximum atomic E-state index is 10.8. The minimum Gasteiger partial charge on any atom is -0.394 e. The van der Waals surface area contributed by atoms with E-state index < -0.39 is 104 Å². The van der Waals surface area contributed by atoms with Crippen LogP contribution in [-0.4, -0.2) is 225 Å². The summed E-state index contributed by atoms with van der Waals surface area (Å²) in [6.45, 7) is 0.0299. The number of aliphatic hydroxyl groups excluding tert-OH is 9. The van der Waals surface area contributed by atoms with Crippen LogP contribution in [0.5, 0.6) is 0 Å². The molecule has 3 aliphatic rings. The molecule has 0 aliphatic carbocycles. The monoisotopic (exact) mass is 825 g/mol. The highest BCUT2D eigenvalue weighted by Gasteiger charge is 2.49. The molecule has 22 heteroatoms. The van der Waals surface area contributed by atoms with Crippen LogP contribution < -0.4 is 11.5 Å². The maximum absolute atomic E-state index is 10.8. The van der Waals surface area contributed by atoms with E-state index in [4.69, 9.17) is 44.6 Å². The van der Waals surface area contributed by atoms with Crippen LogP contribution in [0, 0.1) is 0 Å². The van der Waals surface area contributed by atoms with E-state index in [1.54, 1.807) is 23.5 Å². The van der Waals surface area contributed by atoms with Gasteiger partial charge in [-0.2, -0.15) is 23.5 Å². The van der Waals surface area contributed by atoms with Gasteiger partial charge in [0.25, 0.3) is 0 Å². The van der Waals surface area contributed by atoms with Crippen molar-refractivity contribution in [2.45, 2.75) is 104 Å². The first kappa shape index (κ1) is 47.2. The third-order valence-corrected chi connectivity index (χ3v) is 12.0. The molecule has 3 rings (SSSR count). The molecular weight excluding hydrogens is 767 g/mol. The van der Waals surface area contributed by atoms with E-state index in [2.05, 4.69) is 4.99 Å². The second kappa shape index (κ2) is 25.3. The summed E-state index contributed by atoms with van der Waals surface area (Å²) in [4.78, 5) is 4.30. The highest BCUT2D eigenvalue weighted by Crippen LogP contribution is 2.30. The third-order valence-electron chi connectivity index (χ3n) is 8.67. The molecule has 3 saturated heterocycles. The van der Waals surface area contributed by atoms with Gasteiger partial charge in [-0.15, -0.1) is 11.8 Å². The summed E-state index contributed by atoms with van der Waals surface area (Å²) in [6.07, 6.45) is -16.3. The summed E-state index contributed by atoms with van der Waals surface area (Å²) in [6, 6.07) is 0. The summed E-state index contributed by atoms with van der Waals surface area (Å²) in [5, 5.41) is 92.0. The van der Waals surface area contributed by atoms with Crippen molar-refractivity contribution in [2.75, 3.05) is 82.0 Å². The SMILES string of the molecule is CO[C@H]1OC(COC2OC(CO)[C@@H](O)[C@H](O)[C@@H]2OCCCSCCN=C(N)CS[C@@H]2OC(CO)[C@H](O)[C@H](O)C2O)[C@@H](O)C(O)[C@@H]1OCCCSCCN. The maximum Gasteiger partial charge on any atom is 0.187 e. The molecule has 312 valence electrons. The second-order valence-corrected chi connectivity index (χ2v) is 16.1. The van der Waals surface area contributed by atoms with E-state index in [1.165, 1.54) is 7.11 Å². The molecule has 3 heterocycles. The largest absolute Gasteiger partial charge is 0.394 e. The quantitative estimate of drug-likeness (QED) is 0.0248. The Labute approximate surface area is 322 Å². The summed E-state index contributed by atoms with van der Waals surface area (Å²) < 4.78 is 39.9. The first-order chi connectivity index (χ1) is 25.5. The Balaban J connectivity index is 1.40. The normalized spacial score (nSPS) is 38.3. The molecule has 0 aromatic heterocycles. The Kier molecular flexibility index (Phi) is 22.5. The molecule has 15 atom stereocenters. The van der Waals surface area contributed by atoms with Crippen molar-refractivity contribution in [3.63, 3.8) is 0 Å². The minimum absolute atomic E-state index is 0.159. The standard InChI is InChI=1S/C31H59N3O16S3/c1-44-29-27(45-6-2-8-51-10-4-32)25(42)22(39)18(49-29)14-47-30-28(24(41)21(38)16(12-35)48-30)46-7-3-9-52-11-5-34-19(33)15-53-31-26(43)23(40)20(37)17(13-36)50-31/h16-18,20-31,35-43H,2-15,32H2,1H3,(H2,33,34)/t16?,17?,18?,20-,21+,22+,23-,24-,25?,26?,27-,28-,29-,30?,31-/m0/s1. The minimum atomic E-state index is -1.47. The van der Waals surface area contributed by atoms with Gasteiger partial charge in [-0.25, -0.2) is 0 Å². The number of hydrogen-bond donors (Lipinski definition) is 11. The summed E-state index contributed by atoms with van der Waals surface area (Å²) >= 11 is 4.36. The molecule has 0 saturated carbocycles. The molecule has 0 aromatic carbocycles. The van der Waals surface area contributed by atoms with Crippen LogP contribution >= 0.6 is 35.3 Å². The molecule has 53 heavy (non-hydrogen) atoms. The molecule has 0 spiro atoms. The van der Waals surface area contributed by atoms with Crippen LogP contribution in [0.2, 0.25) is 0 Å². The number of hydrogen-bond acceptors (Lipinski definition) is 21. The van der Waals surface area contributed by atoms with Crippen molar-refractivity contribution >= 4 is 41.1 Å². The Morgan fingerprint density at radius 3 is 1.81 bits per heavy atom. The summed E-state index contributed by atoms with van der Waals surface area (Å²) in [7, 11) is 1.38. The first-order valence-corrected chi connectivity index (χ1v) is 20.9. The first-order valence-electron chi connectivity index (χ1n) is 17.6. The van der Waals surface area contributed by atoms with Crippen LogP contribution in [0.1, 0.15) is 12.8 Å². The van der Waals surface area contributed by atoms with Crippen molar-refractivity contribution in [3.8, 4) is 0 Å². The van der Waals surface area contributed by atoms with Crippen LogP contribution in [0.25, 0.3) is 0 Å². The smallest absolute Gasteiger partial charge is 0.187 e. The van der Waals surface area contributed by atoms with Crippen molar-refractivity contribution in [3.05, 3.63) is 0 Å². The van der Waals surface area contributed by atoms with Crippen LogP contribution in [-0.2, 0) is 33.2 Å². The lowest BCUT2D eigenvalue weighted by Crippen LogP contribution is -2.62. The molecule has 3 fully saturated rings. The zero-order valence-corrected chi connectivity index (χ0v) is 32.2. The van der Waals surface area contributed by atoms with Gasteiger partial charge in [-0.05, 0) is 24.3 Å². The van der Waals surface area contributed by atoms with E-state index in [9.17, 15) is 46.0 Å². The fourth-order valence-electron chi connectivity index (χ4n) is 5.69. The molecule has 0 aromatic rings. The Morgan fingerprint density at radius 1 is 0.660 bits per heavy atom. The highest BCUT2D eigenvalue weighted by atomic mass is 32.2.